The second-order valence-electron chi connectivity index (χ2n) is 5.54. The van der Waals surface area contributed by atoms with Gasteiger partial charge in [0.25, 0.3) is 0 Å². The van der Waals surface area contributed by atoms with Crippen LogP contribution in [0.5, 0.6) is 0 Å². The normalized spacial score (nSPS) is 30.9. The molecule has 0 aromatic heterocycles. The third kappa shape index (κ3) is 4.64. The first-order chi connectivity index (χ1) is 7.97. The lowest BCUT2D eigenvalue weighted by molar-refractivity contribution is -0.124. The third-order valence-electron chi connectivity index (χ3n) is 3.60. The van der Waals surface area contributed by atoms with Crippen LogP contribution in [0.15, 0.2) is 0 Å². The van der Waals surface area contributed by atoms with Crippen LogP contribution < -0.4 is 11.1 Å². The molecule has 100 valence electrons. The lowest BCUT2D eigenvalue weighted by atomic mass is 9.79. The number of hydrogen-bond acceptors (Lipinski definition) is 3. The minimum Gasteiger partial charge on any atom is -0.388 e. The first kappa shape index (κ1) is 14.5. The fraction of sp³-hybridized carbons (Fsp3) is 0.923. The van der Waals surface area contributed by atoms with Gasteiger partial charge in [-0.15, -0.1) is 0 Å². The lowest BCUT2D eigenvalue weighted by Gasteiger charge is -2.35. The Balaban J connectivity index is 2.36. The van der Waals surface area contributed by atoms with Crippen LogP contribution in [0.4, 0.5) is 0 Å². The molecule has 0 heterocycles. The van der Waals surface area contributed by atoms with Crippen molar-refractivity contribution in [2.24, 2.45) is 11.7 Å². The number of carbonyl (C=O) groups excluding carboxylic acids is 1. The molecule has 0 saturated heterocycles. The maximum Gasteiger partial charge on any atom is 0.237 e. The predicted octanol–water partition coefficient (Wildman–Crippen LogP) is 1.17. The minimum atomic E-state index is -0.723. The Hall–Kier alpha value is -0.610. The van der Waals surface area contributed by atoms with Gasteiger partial charge in [0, 0.05) is 6.54 Å². The molecule has 0 aromatic carbocycles. The number of aliphatic hydroxyl groups is 1. The van der Waals surface area contributed by atoms with Crippen molar-refractivity contribution in [2.45, 2.75) is 64.0 Å². The maximum atomic E-state index is 11.7. The summed E-state index contributed by atoms with van der Waals surface area (Å²) in [6.07, 6.45) is 5.35. The van der Waals surface area contributed by atoms with Crippen LogP contribution in [-0.2, 0) is 4.79 Å². The molecule has 0 aliphatic heterocycles. The molecule has 0 radical (unpaired) electrons. The summed E-state index contributed by atoms with van der Waals surface area (Å²) in [5.41, 5.74) is 5.00. The van der Waals surface area contributed by atoms with Gasteiger partial charge in [-0.1, -0.05) is 33.1 Å². The average molecular weight is 242 g/mol. The molecule has 4 heteroatoms. The lowest BCUT2D eigenvalue weighted by Crippen LogP contribution is -2.49. The smallest absolute Gasteiger partial charge is 0.237 e. The SMILES string of the molecule is CCCC(N)C(=O)NCC1(O)CCCC(C)C1. The molecule has 3 unspecified atom stereocenters. The zero-order valence-electron chi connectivity index (χ0n) is 11.0. The van der Waals surface area contributed by atoms with E-state index in [0.29, 0.717) is 18.9 Å². The second kappa shape index (κ2) is 6.36. The minimum absolute atomic E-state index is 0.140. The van der Waals surface area contributed by atoms with Crippen molar-refractivity contribution < 1.29 is 9.90 Å². The predicted molar refractivity (Wildman–Crippen MR) is 68.5 cm³/mol. The fourth-order valence-electron chi connectivity index (χ4n) is 2.62. The molecule has 1 aliphatic carbocycles. The quantitative estimate of drug-likeness (QED) is 0.677. The van der Waals surface area contributed by atoms with Crippen LogP contribution in [0, 0.1) is 5.92 Å². The van der Waals surface area contributed by atoms with E-state index < -0.39 is 11.6 Å². The largest absolute Gasteiger partial charge is 0.388 e. The summed E-state index contributed by atoms with van der Waals surface area (Å²) in [4.78, 5) is 11.7. The van der Waals surface area contributed by atoms with Gasteiger partial charge in [-0.3, -0.25) is 4.79 Å². The van der Waals surface area contributed by atoms with Crippen molar-refractivity contribution in [3.63, 3.8) is 0 Å². The van der Waals surface area contributed by atoms with E-state index in [1.54, 1.807) is 0 Å². The third-order valence-corrected chi connectivity index (χ3v) is 3.60. The number of hydrogen-bond donors (Lipinski definition) is 3. The number of rotatable bonds is 5. The summed E-state index contributed by atoms with van der Waals surface area (Å²) in [6.45, 7) is 4.49. The van der Waals surface area contributed by atoms with Crippen molar-refractivity contribution in [2.75, 3.05) is 6.54 Å². The number of nitrogens with two attached hydrogens (primary N) is 1. The van der Waals surface area contributed by atoms with Crippen molar-refractivity contribution in [3.8, 4) is 0 Å². The van der Waals surface area contributed by atoms with Crippen LogP contribution >= 0.6 is 0 Å². The number of carbonyl (C=O) groups is 1. The first-order valence-electron chi connectivity index (χ1n) is 6.72. The van der Waals surface area contributed by atoms with Crippen LogP contribution in [0.1, 0.15) is 52.4 Å². The van der Waals surface area contributed by atoms with Crippen molar-refractivity contribution in [1.29, 1.82) is 0 Å². The van der Waals surface area contributed by atoms with Crippen LogP contribution in [-0.4, -0.2) is 29.2 Å². The Morgan fingerprint density at radius 2 is 2.35 bits per heavy atom. The Morgan fingerprint density at radius 1 is 1.65 bits per heavy atom. The Kier molecular flexibility index (Phi) is 5.40. The van der Waals surface area contributed by atoms with E-state index in [0.717, 1.165) is 25.7 Å². The Labute approximate surface area is 104 Å². The monoisotopic (exact) mass is 242 g/mol. The summed E-state index contributed by atoms with van der Waals surface area (Å²) in [5.74, 6) is 0.397. The summed E-state index contributed by atoms with van der Waals surface area (Å²) < 4.78 is 0. The molecule has 0 aromatic rings. The van der Waals surface area contributed by atoms with E-state index in [4.69, 9.17) is 5.73 Å². The number of amides is 1. The zero-order chi connectivity index (χ0) is 12.9. The molecular formula is C13H26N2O2. The molecule has 4 N–H and O–H groups in total. The zero-order valence-corrected chi connectivity index (χ0v) is 11.0. The van der Waals surface area contributed by atoms with Gasteiger partial charge in [-0.25, -0.2) is 0 Å². The van der Waals surface area contributed by atoms with E-state index >= 15 is 0 Å². The van der Waals surface area contributed by atoms with Gasteiger partial charge in [0.05, 0.1) is 11.6 Å². The van der Waals surface area contributed by atoms with Crippen molar-refractivity contribution >= 4 is 5.91 Å². The van der Waals surface area contributed by atoms with Crippen molar-refractivity contribution in [1.82, 2.24) is 5.32 Å². The summed E-state index contributed by atoms with van der Waals surface area (Å²) >= 11 is 0. The molecule has 1 saturated carbocycles. The number of nitrogens with one attached hydrogen (secondary N) is 1. The Bertz CT molecular complexity index is 258. The van der Waals surface area contributed by atoms with E-state index in [1.807, 2.05) is 6.92 Å². The van der Waals surface area contributed by atoms with Gasteiger partial charge < -0.3 is 16.2 Å². The van der Waals surface area contributed by atoms with Gasteiger partial charge in [0.2, 0.25) is 5.91 Å². The van der Waals surface area contributed by atoms with Crippen LogP contribution in [0.3, 0.4) is 0 Å². The van der Waals surface area contributed by atoms with Crippen molar-refractivity contribution in [3.05, 3.63) is 0 Å². The highest BCUT2D eigenvalue weighted by atomic mass is 16.3. The van der Waals surface area contributed by atoms with Gasteiger partial charge in [-0.2, -0.15) is 0 Å². The molecule has 4 nitrogen and oxygen atoms in total. The van der Waals surface area contributed by atoms with E-state index in [9.17, 15) is 9.90 Å². The van der Waals surface area contributed by atoms with Gasteiger partial charge in [0.15, 0.2) is 0 Å². The highest BCUT2D eigenvalue weighted by molar-refractivity contribution is 5.81. The molecule has 0 bridgehead atoms. The molecule has 17 heavy (non-hydrogen) atoms. The van der Waals surface area contributed by atoms with E-state index in [2.05, 4.69) is 12.2 Å². The topological polar surface area (TPSA) is 75.4 Å². The standard InChI is InChI=1S/C13H26N2O2/c1-3-5-11(14)12(16)15-9-13(17)7-4-6-10(2)8-13/h10-11,17H,3-9,14H2,1-2H3,(H,15,16). The molecule has 1 rings (SSSR count). The van der Waals surface area contributed by atoms with Gasteiger partial charge >= 0.3 is 0 Å². The molecule has 1 aliphatic rings. The maximum absolute atomic E-state index is 11.7. The highest BCUT2D eigenvalue weighted by Crippen LogP contribution is 2.31. The van der Waals surface area contributed by atoms with E-state index in [-0.39, 0.29) is 5.91 Å². The molecule has 0 spiro atoms. The molecule has 1 fully saturated rings. The van der Waals surface area contributed by atoms with Gasteiger partial charge in [-0.05, 0) is 25.2 Å². The molecule has 1 amide bonds. The van der Waals surface area contributed by atoms with Crippen LogP contribution in [0.2, 0.25) is 0 Å². The first-order valence-corrected chi connectivity index (χ1v) is 6.72. The summed E-state index contributed by atoms with van der Waals surface area (Å²) in [5, 5.41) is 13.1. The summed E-state index contributed by atoms with van der Waals surface area (Å²) in [6, 6.07) is -0.440. The fourth-order valence-corrected chi connectivity index (χ4v) is 2.62. The molecule has 3 atom stereocenters. The summed E-state index contributed by atoms with van der Waals surface area (Å²) in [7, 11) is 0. The highest BCUT2D eigenvalue weighted by Gasteiger charge is 2.33. The Morgan fingerprint density at radius 3 is 2.94 bits per heavy atom. The average Bonchev–Trinajstić information content (AvgIpc) is 2.26. The van der Waals surface area contributed by atoms with Gasteiger partial charge in [0.1, 0.15) is 0 Å². The van der Waals surface area contributed by atoms with Crippen LogP contribution in [0.25, 0.3) is 0 Å². The van der Waals surface area contributed by atoms with E-state index in [1.165, 1.54) is 6.42 Å². The second-order valence-corrected chi connectivity index (χ2v) is 5.54. The molecular weight excluding hydrogens is 216 g/mol.